The largest absolute Gasteiger partial charge is 0.377 e. The first-order valence-electron chi connectivity index (χ1n) is 9.62. The van der Waals surface area contributed by atoms with Gasteiger partial charge in [-0.2, -0.15) is 5.10 Å². The maximum Gasteiger partial charge on any atom is 0.178 e. The van der Waals surface area contributed by atoms with Crippen molar-refractivity contribution in [1.29, 1.82) is 0 Å². The lowest BCUT2D eigenvalue weighted by atomic mass is 10.0. The van der Waals surface area contributed by atoms with Crippen molar-refractivity contribution in [3.8, 4) is 0 Å². The van der Waals surface area contributed by atoms with Crippen LogP contribution in [0.5, 0.6) is 0 Å². The molecule has 0 amide bonds. The highest BCUT2D eigenvalue weighted by Gasteiger charge is 2.26. The Morgan fingerprint density at radius 2 is 2.10 bits per heavy atom. The Morgan fingerprint density at radius 3 is 2.93 bits per heavy atom. The van der Waals surface area contributed by atoms with Crippen LogP contribution in [0.4, 0.5) is 23.0 Å². The van der Waals surface area contributed by atoms with Crippen LogP contribution in [0.1, 0.15) is 23.7 Å². The molecule has 2 aliphatic heterocycles. The number of hydrogen-bond donors (Lipinski definition) is 2. The molecule has 1 aromatic carbocycles. The van der Waals surface area contributed by atoms with Crippen molar-refractivity contribution in [1.82, 2.24) is 15.2 Å². The molecule has 0 aliphatic carbocycles. The number of hydrogen-bond acceptors (Lipinski definition) is 6. The molecule has 148 valence electrons. The number of halogens is 1. The molecular weight excluding hydrogens is 388 g/mol. The molecule has 1 atom stereocenters. The number of fused-ring (bicyclic) bond motifs is 2. The number of nitrogens with zero attached hydrogens (tertiary/aromatic N) is 4. The topological polar surface area (TPSA) is 78.4 Å². The SMILES string of the molecule is Cc1[nH]nc2c1N=C(c1ccccc1Cl)c1cnc(N3CCOC[C@H]3C)cc1N2. The number of nitrogens with one attached hydrogen (secondary N) is 2. The monoisotopic (exact) mass is 408 g/mol. The summed E-state index contributed by atoms with van der Waals surface area (Å²) in [6.45, 7) is 6.31. The average Bonchev–Trinajstić information content (AvgIpc) is 2.97. The summed E-state index contributed by atoms with van der Waals surface area (Å²) in [5, 5.41) is 11.5. The van der Waals surface area contributed by atoms with Crippen molar-refractivity contribution >= 4 is 40.3 Å². The molecule has 1 fully saturated rings. The molecule has 0 radical (unpaired) electrons. The van der Waals surface area contributed by atoms with Crippen LogP contribution in [0.25, 0.3) is 0 Å². The molecule has 2 N–H and O–H groups in total. The lowest BCUT2D eigenvalue weighted by Gasteiger charge is -2.34. The number of anilines is 3. The fraction of sp³-hybridized carbons (Fsp3) is 0.286. The van der Waals surface area contributed by atoms with Crippen molar-refractivity contribution in [3.63, 3.8) is 0 Å². The van der Waals surface area contributed by atoms with Gasteiger partial charge >= 0.3 is 0 Å². The van der Waals surface area contributed by atoms with Crippen LogP contribution < -0.4 is 10.2 Å². The number of benzene rings is 1. The number of pyridine rings is 1. The zero-order chi connectivity index (χ0) is 20.0. The van der Waals surface area contributed by atoms with E-state index in [9.17, 15) is 0 Å². The van der Waals surface area contributed by atoms with Gasteiger partial charge in [0.2, 0.25) is 0 Å². The van der Waals surface area contributed by atoms with Gasteiger partial charge in [0.15, 0.2) is 5.82 Å². The van der Waals surface area contributed by atoms with Gasteiger partial charge < -0.3 is 15.0 Å². The number of aromatic nitrogens is 3. The summed E-state index contributed by atoms with van der Waals surface area (Å²) in [6.07, 6.45) is 1.87. The number of aryl methyl sites for hydroxylation is 1. The van der Waals surface area contributed by atoms with Crippen LogP contribution in [0.3, 0.4) is 0 Å². The van der Waals surface area contributed by atoms with E-state index in [0.717, 1.165) is 46.3 Å². The molecule has 2 aliphatic rings. The van der Waals surface area contributed by atoms with Gasteiger partial charge in [0.1, 0.15) is 11.5 Å². The standard InChI is InChI=1S/C21H21ClN6O/c1-12-11-29-8-7-28(12)18-9-17-15(10-23-18)20(14-5-3-4-6-16(14)22)25-19-13(2)26-27-21(19)24-17/h3-6,9-10,12H,7-8,11H2,1-2H3,(H2,24,26,27)/t12-/m1/s1. The Morgan fingerprint density at radius 1 is 1.24 bits per heavy atom. The Labute approximate surface area is 173 Å². The normalized spacial score (nSPS) is 18.4. The predicted octanol–water partition coefficient (Wildman–Crippen LogP) is 4.22. The van der Waals surface area contributed by atoms with Crippen LogP contribution in [-0.4, -0.2) is 46.7 Å². The van der Waals surface area contributed by atoms with E-state index in [1.165, 1.54) is 0 Å². The Bertz CT molecular complexity index is 1110. The summed E-state index contributed by atoms with van der Waals surface area (Å²) >= 11 is 6.52. The third kappa shape index (κ3) is 3.16. The zero-order valence-electron chi connectivity index (χ0n) is 16.2. The van der Waals surface area contributed by atoms with Crippen LogP contribution in [0.15, 0.2) is 41.5 Å². The van der Waals surface area contributed by atoms with Crippen LogP contribution in [-0.2, 0) is 4.74 Å². The number of ether oxygens (including phenoxy) is 1. The Balaban J connectivity index is 1.67. The highest BCUT2D eigenvalue weighted by Crippen LogP contribution is 2.38. The fourth-order valence-electron chi connectivity index (χ4n) is 3.77. The van der Waals surface area contributed by atoms with Gasteiger partial charge in [-0.05, 0) is 19.9 Å². The number of aliphatic imine (C=N–C) groups is 1. The van der Waals surface area contributed by atoms with E-state index in [1.807, 2.05) is 37.4 Å². The molecule has 0 spiro atoms. The molecule has 4 heterocycles. The minimum absolute atomic E-state index is 0.264. The quantitative estimate of drug-likeness (QED) is 0.519. The second kappa shape index (κ2) is 7.17. The van der Waals surface area contributed by atoms with Gasteiger partial charge in [0.25, 0.3) is 0 Å². The van der Waals surface area contributed by atoms with Gasteiger partial charge in [-0.3, -0.25) is 5.10 Å². The van der Waals surface area contributed by atoms with Crippen molar-refractivity contribution in [2.75, 3.05) is 30.0 Å². The smallest absolute Gasteiger partial charge is 0.178 e. The molecule has 0 saturated carbocycles. The highest BCUT2D eigenvalue weighted by molar-refractivity contribution is 6.36. The average molecular weight is 409 g/mol. The van der Waals surface area contributed by atoms with Gasteiger partial charge in [-0.1, -0.05) is 29.8 Å². The molecule has 1 saturated heterocycles. The number of rotatable bonds is 2. The lowest BCUT2D eigenvalue weighted by molar-refractivity contribution is 0.0985. The number of aromatic amines is 1. The number of H-pyrrole nitrogens is 1. The van der Waals surface area contributed by atoms with Gasteiger partial charge in [-0.15, -0.1) is 0 Å². The van der Waals surface area contributed by atoms with Crippen LogP contribution >= 0.6 is 11.6 Å². The Kier molecular flexibility index (Phi) is 4.49. The summed E-state index contributed by atoms with van der Waals surface area (Å²) in [5.41, 5.74) is 5.09. The third-order valence-electron chi connectivity index (χ3n) is 5.33. The maximum absolute atomic E-state index is 6.52. The minimum Gasteiger partial charge on any atom is -0.377 e. The fourth-order valence-corrected chi connectivity index (χ4v) is 3.99. The van der Waals surface area contributed by atoms with E-state index in [-0.39, 0.29) is 6.04 Å². The van der Waals surface area contributed by atoms with Crippen LogP contribution in [0.2, 0.25) is 5.02 Å². The van der Waals surface area contributed by atoms with E-state index in [4.69, 9.17) is 26.3 Å². The summed E-state index contributed by atoms with van der Waals surface area (Å²) in [6, 6.07) is 10.0. The third-order valence-corrected chi connectivity index (χ3v) is 5.66. The van der Waals surface area contributed by atoms with E-state index in [2.05, 4.69) is 33.4 Å². The van der Waals surface area contributed by atoms with Crippen molar-refractivity contribution in [2.45, 2.75) is 19.9 Å². The van der Waals surface area contributed by atoms with Gasteiger partial charge in [0.05, 0.1) is 36.3 Å². The molecule has 8 heteroatoms. The van der Waals surface area contributed by atoms with E-state index in [0.29, 0.717) is 24.1 Å². The molecule has 0 unspecified atom stereocenters. The molecule has 0 bridgehead atoms. The van der Waals surface area contributed by atoms with Crippen molar-refractivity contribution in [3.05, 3.63) is 58.4 Å². The van der Waals surface area contributed by atoms with Crippen molar-refractivity contribution < 1.29 is 4.74 Å². The Hall–Kier alpha value is -2.90. The molecule has 5 rings (SSSR count). The molecule has 2 aromatic heterocycles. The second-order valence-electron chi connectivity index (χ2n) is 7.32. The zero-order valence-corrected chi connectivity index (χ0v) is 17.0. The van der Waals surface area contributed by atoms with E-state index in [1.54, 1.807) is 0 Å². The first-order valence-corrected chi connectivity index (χ1v) is 10.00. The van der Waals surface area contributed by atoms with Crippen LogP contribution in [0, 0.1) is 6.92 Å². The molecular formula is C21H21ClN6O. The first-order chi connectivity index (χ1) is 14.1. The maximum atomic E-state index is 6.52. The summed E-state index contributed by atoms with van der Waals surface area (Å²) in [7, 11) is 0. The summed E-state index contributed by atoms with van der Waals surface area (Å²) in [5.74, 6) is 1.60. The van der Waals surface area contributed by atoms with Gasteiger partial charge in [-0.25, -0.2) is 9.98 Å². The predicted molar refractivity (Wildman–Crippen MR) is 115 cm³/mol. The van der Waals surface area contributed by atoms with Gasteiger partial charge in [0, 0.05) is 35.0 Å². The minimum atomic E-state index is 0.264. The van der Waals surface area contributed by atoms with E-state index >= 15 is 0 Å². The summed E-state index contributed by atoms with van der Waals surface area (Å²) in [4.78, 5) is 12.0. The molecule has 29 heavy (non-hydrogen) atoms. The van der Waals surface area contributed by atoms with Crippen molar-refractivity contribution in [2.24, 2.45) is 4.99 Å². The number of morpholine rings is 1. The highest BCUT2D eigenvalue weighted by atomic mass is 35.5. The van der Waals surface area contributed by atoms with E-state index < -0.39 is 0 Å². The molecule has 7 nitrogen and oxygen atoms in total. The second-order valence-corrected chi connectivity index (χ2v) is 7.72. The summed E-state index contributed by atoms with van der Waals surface area (Å²) < 4.78 is 5.57. The lowest BCUT2D eigenvalue weighted by Crippen LogP contribution is -2.44. The molecule has 3 aromatic rings. The first kappa shape index (κ1) is 18.1.